The molecule has 3 aromatic rings. The van der Waals surface area contributed by atoms with Crippen LogP contribution in [0.5, 0.6) is 17.2 Å². The van der Waals surface area contributed by atoms with Crippen molar-refractivity contribution in [2.45, 2.75) is 38.7 Å². The lowest BCUT2D eigenvalue weighted by Gasteiger charge is -2.16. The number of amides is 1. The Morgan fingerprint density at radius 2 is 1.85 bits per heavy atom. The highest BCUT2D eigenvalue weighted by atomic mass is 32.2. The summed E-state index contributed by atoms with van der Waals surface area (Å²) in [5.74, 6) is 1.59. The number of aryl methyl sites for hydroxylation is 1. The van der Waals surface area contributed by atoms with E-state index in [1.54, 1.807) is 0 Å². The van der Waals surface area contributed by atoms with Gasteiger partial charge in [0.25, 0.3) is 5.91 Å². The predicted octanol–water partition coefficient (Wildman–Crippen LogP) is 5.39. The third-order valence-corrected chi connectivity index (χ3v) is 8.20. The molecule has 1 saturated carbocycles. The molecule has 39 heavy (non-hydrogen) atoms. The van der Waals surface area contributed by atoms with Gasteiger partial charge in [0.1, 0.15) is 33.7 Å². The minimum atomic E-state index is -3.01. The predicted molar refractivity (Wildman–Crippen MR) is 148 cm³/mol. The lowest BCUT2D eigenvalue weighted by atomic mass is 9.92. The van der Waals surface area contributed by atoms with Crippen molar-refractivity contribution < 1.29 is 27.4 Å². The second kappa shape index (κ2) is 11.2. The number of ether oxygens (including phenoxy) is 3. The minimum Gasteiger partial charge on any atom is -0.494 e. The van der Waals surface area contributed by atoms with E-state index in [9.17, 15) is 18.1 Å². The summed E-state index contributed by atoms with van der Waals surface area (Å²) in [5.41, 5.74) is 6.33. The summed E-state index contributed by atoms with van der Waals surface area (Å²) in [4.78, 5) is 21.9. The topological polar surface area (TPSA) is 108 Å². The smallest absolute Gasteiger partial charge is 0.290 e. The van der Waals surface area contributed by atoms with Crippen LogP contribution < -0.4 is 14.2 Å². The van der Waals surface area contributed by atoms with E-state index in [1.807, 2.05) is 55.5 Å². The average Bonchev–Trinajstić information content (AvgIpc) is 3.72. The van der Waals surface area contributed by atoms with Crippen LogP contribution in [0.15, 0.2) is 59.8 Å². The molecule has 0 N–H and O–H groups in total. The highest BCUT2D eigenvalue weighted by Gasteiger charge is 2.44. The Morgan fingerprint density at radius 3 is 2.59 bits per heavy atom. The van der Waals surface area contributed by atoms with Crippen LogP contribution in [0, 0.1) is 17.7 Å². The van der Waals surface area contributed by atoms with Crippen LogP contribution >= 0.6 is 0 Å². The number of fused-ring (bicyclic) bond motifs is 3. The molecule has 1 aliphatic carbocycles. The van der Waals surface area contributed by atoms with Gasteiger partial charge in [-0.3, -0.25) is 4.79 Å². The van der Waals surface area contributed by atoms with E-state index in [1.165, 1.54) is 6.26 Å². The van der Waals surface area contributed by atoms with Crippen LogP contribution in [0.1, 0.15) is 41.0 Å². The van der Waals surface area contributed by atoms with Gasteiger partial charge >= 0.3 is 0 Å². The number of sulfone groups is 1. The van der Waals surface area contributed by atoms with Crippen LogP contribution in [0.4, 0.5) is 0 Å². The zero-order chi connectivity index (χ0) is 27.6. The van der Waals surface area contributed by atoms with Crippen molar-refractivity contribution in [1.82, 2.24) is 0 Å². The molecule has 0 spiro atoms. The first-order valence-electron chi connectivity index (χ1n) is 13.0. The van der Waals surface area contributed by atoms with E-state index in [4.69, 9.17) is 14.2 Å². The summed E-state index contributed by atoms with van der Waals surface area (Å²) < 4.78 is 40.7. The molecule has 1 heterocycles. The molecule has 9 heteroatoms. The van der Waals surface area contributed by atoms with Crippen LogP contribution in [-0.2, 0) is 27.7 Å². The zero-order valence-electron chi connectivity index (χ0n) is 22.0. The quantitative estimate of drug-likeness (QED) is 0.247. The number of rotatable bonds is 10. The van der Waals surface area contributed by atoms with Crippen molar-refractivity contribution in [3.63, 3.8) is 0 Å². The van der Waals surface area contributed by atoms with Gasteiger partial charge in [0, 0.05) is 23.4 Å². The van der Waals surface area contributed by atoms with Gasteiger partial charge in [-0.25, -0.2) is 8.42 Å². The van der Waals surface area contributed by atoms with Gasteiger partial charge in [0.15, 0.2) is 0 Å². The normalized spacial score (nSPS) is 17.7. The van der Waals surface area contributed by atoms with Crippen LogP contribution in [0.25, 0.3) is 11.1 Å². The van der Waals surface area contributed by atoms with Crippen LogP contribution in [0.2, 0.25) is 0 Å². The molecule has 0 radical (unpaired) electrons. The Kier molecular flexibility index (Phi) is 7.70. The van der Waals surface area contributed by atoms with E-state index in [0.717, 1.165) is 57.1 Å². The molecule has 0 saturated heterocycles. The molecule has 1 aliphatic heterocycles. The van der Waals surface area contributed by atoms with Crippen LogP contribution in [-0.4, -0.2) is 39.5 Å². The van der Waals surface area contributed by atoms with Crippen molar-refractivity contribution in [2.75, 3.05) is 25.2 Å². The van der Waals surface area contributed by atoms with Crippen molar-refractivity contribution in [1.29, 1.82) is 0 Å². The molecule has 2 atom stereocenters. The van der Waals surface area contributed by atoms with Crippen molar-refractivity contribution in [3.8, 4) is 28.4 Å². The fraction of sp³-hybridized carbons (Fsp3) is 0.367. The number of nitrogens with zero attached hydrogens (tertiary/aromatic N) is 1. The summed E-state index contributed by atoms with van der Waals surface area (Å²) in [5, 5.41) is 2.54. The van der Waals surface area contributed by atoms with Crippen molar-refractivity contribution >= 4 is 15.7 Å². The van der Waals surface area contributed by atoms with Gasteiger partial charge in [0.05, 0.1) is 24.9 Å². The minimum absolute atomic E-state index is 0.0653. The Morgan fingerprint density at radius 1 is 1.05 bits per heavy atom. The van der Waals surface area contributed by atoms with E-state index < -0.39 is 15.7 Å². The number of carbonyl (C=O) groups is 1. The second-order valence-electron chi connectivity index (χ2n) is 10.3. The molecule has 204 valence electrons. The first kappa shape index (κ1) is 26.9. The molecule has 1 fully saturated rings. The molecule has 0 bridgehead atoms. The lowest BCUT2D eigenvalue weighted by molar-refractivity contribution is -0.119. The third kappa shape index (κ3) is 6.47. The maximum atomic E-state index is 11.5. The fourth-order valence-corrected chi connectivity index (χ4v) is 5.78. The Balaban J connectivity index is 1.27. The van der Waals surface area contributed by atoms with Gasteiger partial charge in [-0.2, -0.15) is 0 Å². The second-order valence-corrected chi connectivity index (χ2v) is 12.5. The summed E-state index contributed by atoms with van der Waals surface area (Å²) >= 11 is 0. The van der Waals surface area contributed by atoms with E-state index >= 15 is 0 Å². The highest BCUT2D eigenvalue weighted by molar-refractivity contribution is 7.90. The van der Waals surface area contributed by atoms with E-state index in [2.05, 4.69) is 11.2 Å². The Hall–Kier alpha value is -3.72. The summed E-state index contributed by atoms with van der Waals surface area (Å²) in [7, 11) is -3.01. The van der Waals surface area contributed by atoms with Gasteiger partial charge in [-0.15, -0.1) is 4.91 Å². The number of benzene rings is 3. The fourth-order valence-electron chi connectivity index (χ4n) is 5.14. The number of carbonyl (C=O) groups excluding carboxylic acids is 1. The molecule has 1 amide bonds. The van der Waals surface area contributed by atoms with E-state index in [0.29, 0.717) is 32.7 Å². The first-order valence-corrected chi connectivity index (χ1v) is 15.1. The SMILES string of the molecule is Cc1cc(OCCCS(C)(=O)=O)cc2c1-c1cc(COc3ccc([C@H]4C[C@@H]4C(=O)N=O)cc3)ccc1OCC2. The van der Waals surface area contributed by atoms with Gasteiger partial charge < -0.3 is 14.2 Å². The third-order valence-electron chi connectivity index (χ3n) is 7.17. The molecule has 0 aromatic heterocycles. The average molecular weight is 550 g/mol. The maximum absolute atomic E-state index is 11.5. The first-order chi connectivity index (χ1) is 18.7. The lowest BCUT2D eigenvalue weighted by Crippen LogP contribution is -2.08. The Labute approximate surface area is 228 Å². The molecular formula is C30H31NO7S. The molecule has 5 rings (SSSR count). The highest BCUT2D eigenvalue weighted by Crippen LogP contribution is 2.48. The molecule has 2 aliphatic rings. The maximum Gasteiger partial charge on any atom is 0.290 e. The summed E-state index contributed by atoms with van der Waals surface area (Å²) in [6.07, 6.45) is 3.08. The van der Waals surface area contributed by atoms with Crippen LogP contribution in [0.3, 0.4) is 0 Å². The molecule has 0 unspecified atom stereocenters. The number of hydrogen-bond donors (Lipinski definition) is 0. The summed E-state index contributed by atoms with van der Waals surface area (Å²) in [6.45, 7) is 3.32. The molecular weight excluding hydrogens is 518 g/mol. The van der Waals surface area contributed by atoms with Crippen molar-refractivity contribution in [2.24, 2.45) is 11.1 Å². The number of nitroso groups, excluding NO2 is 1. The van der Waals surface area contributed by atoms with Gasteiger partial charge in [0.2, 0.25) is 0 Å². The standard InChI is InChI=1S/C30H31NO7S/c1-19-14-24(36-11-3-13-39(2,34)35)16-22-10-12-37-28-9-4-20(15-27(28)29(19)22)18-38-23-7-5-21(6-8-23)25-17-26(25)30(32)31-33/h4-9,14-16,25-26H,3,10-13,17-18H2,1-2H3/t25-,26+/m1/s1. The number of hydrogen-bond acceptors (Lipinski definition) is 7. The summed E-state index contributed by atoms with van der Waals surface area (Å²) in [6, 6.07) is 17.7. The largest absolute Gasteiger partial charge is 0.494 e. The van der Waals surface area contributed by atoms with E-state index in [-0.39, 0.29) is 17.6 Å². The zero-order valence-corrected chi connectivity index (χ0v) is 22.8. The Bertz CT molecular complexity index is 1500. The van der Waals surface area contributed by atoms with Crippen molar-refractivity contribution in [3.05, 3.63) is 81.8 Å². The van der Waals surface area contributed by atoms with Gasteiger partial charge in [-0.1, -0.05) is 18.2 Å². The van der Waals surface area contributed by atoms with Gasteiger partial charge in [-0.05, 0) is 89.9 Å². The molecule has 8 nitrogen and oxygen atoms in total. The molecule has 3 aromatic carbocycles. The monoisotopic (exact) mass is 549 g/mol.